The molecular weight excluding hydrogens is 264 g/mol. The molecule has 0 radical (unpaired) electrons. The third-order valence-corrected chi connectivity index (χ3v) is 3.72. The third kappa shape index (κ3) is 2.20. The van der Waals surface area contributed by atoms with Gasteiger partial charge in [0, 0.05) is 18.8 Å². The molecule has 5 heteroatoms. The van der Waals surface area contributed by atoms with Crippen molar-refractivity contribution in [3.8, 4) is 5.75 Å². The molecule has 21 heavy (non-hydrogen) atoms. The molecule has 1 aromatic carbocycles. The molecule has 1 aliphatic rings. The molecule has 106 valence electrons. The fourth-order valence-electron chi connectivity index (χ4n) is 2.76. The first-order valence-corrected chi connectivity index (χ1v) is 7.09. The number of benzene rings is 1. The summed E-state index contributed by atoms with van der Waals surface area (Å²) in [5.74, 6) is 1.84. The first-order valence-electron chi connectivity index (χ1n) is 7.09. The molecule has 0 spiro atoms. The van der Waals surface area contributed by atoms with Gasteiger partial charge >= 0.3 is 0 Å². The second kappa shape index (κ2) is 4.77. The van der Waals surface area contributed by atoms with Gasteiger partial charge in [0.25, 0.3) is 0 Å². The monoisotopic (exact) mass is 280 g/mol. The number of nitrogens with one attached hydrogen (secondary N) is 1. The van der Waals surface area contributed by atoms with E-state index in [4.69, 9.17) is 4.74 Å². The van der Waals surface area contributed by atoms with Crippen LogP contribution in [0.25, 0.3) is 5.52 Å². The number of para-hydroxylation sites is 1. The highest BCUT2D eigenvalue weighted by atomic mass is 16.5. The van der Waals surface area contributed by atoms with Crippen molar-refractivity contribution in [1.29, 1.82) is 0 Å². The standard InChI is InChI=1S/C16H16N4O/c1-11-8-14-16(17-6-7-20(14)19-11)18-10-13-9-12-4-2-3-5-15(12)21-13/h2-8,13H,9-10H2,1H3,(H,17,18). The molecule has 1 atom stereocenters. The number of aryl methyl sites for hydroxylation is 1. The molecule has 0 bridgehead atoms. The average Bonchev–Trinajstić information content (AvgIpc) is 3.06. The van der Waals surface area contributed by atoms with E-state index in [0.29, 0.717) is 0 Å². The highest BCUT2D eigenvalue weighted by Gasteiger charge is 2.22. The van der Waals surface area contributed by atoms with E-state index in [9.17, 15) is 0 Å². The van der Waals surface area contributed by atoms with E-state index >= 15 is 0 Å². The predicted octanol–water partition coefficient (Wildman–Crippen LogP) is 2.45. The summed E-state index contributed by atoms with van der Waals surface area (Å²) >= 11 is 0. The van der Waals surface area contributed by atoms with Crippen molar-refractivity contribution in [2.45, 2.75) is 19.4 Å². The molecule has 1 N–H and O–H groups in total. The van der Waals surface area contributed by atoms with E-state index in [0.717, 1.165) is 35.7 Å². The highest BCUT2D eigenvalue weighted by Crippen LogP contribution is 2.28. The van der Waals surface area contributed by atoms with Gasteiger partial charge in [0.1, 0.15) is 17.4 Å². The van der Waals surface area contributed by atoms with Gasteiger partial charge in [-0.2, -0.15) is 5.10 Å². The van der Waals surface area contributed by atoms with Crippen molar-refractivity contribution < 1.29 is 4.74 Å². The smallest absolute Gasteiger partial charge is 0.152 e. The van der Waals surface area contributed by atoms with Crippen LogP contribution in [-0.2, 0) is 6.42 Å². The predicted molar refractivity (Wildman–Crippen MR) is 80.8 cm³/mol. The number of anilines is 1. The largest absolute Gasteiger partial charge is 0.488 e. The Morgan fingerprint density at radius 2 is 2.29 bits per heavy atom. The van der Waals surface area contributed by atoms with Crippen LogP contribution in [0.15, 0.2) is 42.7 Å². The highest BCUT2D eigenvalue weighted by molar-refractivity contribution is 5.67. The molecule has 1 unspecified atom stereocenters. The SMILES string of the molecule is Cc1cc2c(NCC3Cc4ccccc4O3)nccn2n1. The number of rotatable bonds is 3. The van der Waals surface area contributed by atoms with Crippen molar-refractivity contribution in [3.63, 3.8) is 0 Å². The van der Waals surface area contributed by atoms with Crippen molar-refractivity contribution >= 4 is 11.3 Å². The molecule has 1 aliphatic heterocycles. The van der Waals surface area contributed by atoms with Crippen LogP contribution in [0.2, 0.25) is 0 Å². The van der Waals surface area contributed by atoms with E-state index in [2.05, 4.69) is 27.5 Å². The van der Waals surface area contributed by atoms with Crippen LogP contribution in [0, 0.1) is 6.92 Å². The molecule has 0 amide bonds. The fraction of sp³-hybridized carbons (Fsp3) is 0.250. The summed E-state index contributed by atoms with van der Waals surface area (Å²) in [4.78, 5) is 4.40. The Kier molecular flexibility index (Phi) is 2.77. The summed E-state index contributed by atoms with van der Waals surface area (Å²) in [6.45, 7) is 2.71. The minimum absolute atomic E-state index is 0.147. The molecule has 0 fully saturated rings. The van der Waals surface area contributed by atoms with Crippen LogP contribution < -0.4 is 10.1 Å². The molecular formula is C16H16N4O. The summed E-state index contributed by atoms with van der Waals surface area (Å²) in [5, 5.41) is 7.77. The maximum atomic E-state index is 5.93. The van der Waals surface area contributed by atoms with Crippen LogP contribution in [0.5, 0.6) is 5.75 Å². The van der Waals surface area contributed by atoms with Gasteiger partial charge in [-0.15, -0.1) is 0 Å². The summed E-state index contributed by atoms with van der Waals surface area (Å²) < 4.78 is 7.78. The van der Waals surface area contributed by atoms with Crippen LogP contribution in [0.1, 0.15) is 11.3 Å². The molecule has 2 aromatic heterocycles. The quantitative estimate of drug-likeness (QED) is 0.800. The molecule has 5 nitrogen and oxygen atoms in total. The van der Waals surface area contributed by atoms with E-state index in [1.165, 1.54) is 5.56 Å². The van der Waals surface area contributed by atoms with Crippen LogP contribution in [-0.4, -0.2) is 27.2 Å². The first-order chi connectivity index (χ1) is 10.3. The Morgan fingerprint density at radius 1 is 1.38 bits per heavy atom. The Balaban J connectivity index is 1.50. The second-order valence-corrected chi connectivity index (χ2v) is 5.32. The van der Waals surface area contributed by atoms with Gasteiger partial charge < -0.3 is 10.1 Å². The van der Waals surface area contributed by atoms with E-state index in [1.54, 1.807) is 6.20 Å². The number of fused-ring (bicyclic) bond motifs is 2. The minimum atomic E-state index is 0.147. The third-order valence-electron chi connectivity index (χ3n) is 3.72. The number of nitrogens with zero attached hydrogens (tertiary/aromatic N) is 3. The lowest BCUT2D eigenvalue weighted by atomic mass is 10.1. The lowest BCUT2D eigenvalue weighted by molar-refractivity contribution is 0.246. The normalized spacial score (nSPS) is 16.7. The van der Waals surface area contributed by atoms with Crippen molar-refractivity contribution in [2.75, 3.05) is 11.9 Å². The van der Waals surface area contributed by atoms with Crippen LogP contribution in [0.4, 0.5) is 5.82 Å². The summed E-state index contributed by atoms with van der Waals surface area (Å²) in [5.41, 5.74) is 3.25. The van der Waals surface area contributed by atoms with Gasteiger partial charge in [0.15, 0.2) is 5.82 Å². The maximum Gasteiger partial charge on any atom is 0.152 e. The number of hydrogen-bond donors (Lipinski definition) is 1. The molecule has 0 saturated heterocycles. The zero-order valence-electron chi connectivity index (χ0n) is 11.8. The lowest BCUT2D eigenvalue weighted by Gasteiger charge is -2.12. The zero-order valence-corrected chi connectivity index (χ0v) is 11.8. The Labute approximate surface area is 122 Å². The average molecular weight is 280 g/mol. The molecule has 4 rings (SSSR count). The summed E-state index contributed by atoms with van der Waals surface area (Å²) in [6.07, 6.45) is 4.69. The maximum absolute atomic E-state index is 5.93. The molecule has 3 aromatic rings. The van der Waals surface area contributed by atoms with Crippen LogP contribution in [0.3, 0.4) is 0 Å². The van der Waals surface area contributed by atoms with Gasteiger partial charge in [0.2, 0.25) is 0 Å². The van der Waals surface area contributed by atoms with Crippen LogP contribution >= 0.6 is 0 Å². The van der Waals surface area contributed by atoms with Crippen molar-refractivity contribution in [3.05, 3.63) is 54.0 Å². The Bertz CT molecular complexity index is 771. The number of hydrogen-bond acceptors (Lipinski definition) is 4. The number of aromatic nitrogens is 3. The summed E-state index contributed by atoms with van der Waals surface area (Å²) in [7, 11) is 0. The van der Waals surface area contributed by atoms with Crippen molar-refractivity contribution in [1.82, 2.24) is 14.6 Å². The summed E-state index contributed by atoms with van der Waals surface area (Å²) in [6, 6.07) is 10.2. The van der Waals surface area contributed by atoms with Gasteiger partial charge in [-0.1, -0.05) is 18.2 Å². The Morgan fingerprint density at radius 3 is 3.19 bits per heavy atom. The zero-order chi connectivity index (χ0) is 14.2. The Hall–Kier alpha value is -2.56. The molecule has 0 aliphatic carbocycles. The van der Waals surface area contributed by atoms with E-state index < -0.39 is 0 Å². The second-order valence-electron chi connectivity index (χ2n) is 5.32. The topological polar surface area (TPSA) is 51.5 Å². The number of ether oxygens (including phenoxy) is 1. The lowest BCUT2D eigenvalue weighted by Crippen LogP contribution is -2.24. The minimum Gasteiger partial charge on any atom is -0.488 e. The molecule has 0 saturated carbocycles. The van der Waals surface area contributed by atoms with Gasteiger partial charge in [-0.3, -0.25) is 0 Å². The molecule has 3 heterocycles. The van der Waals surface area contributed by atoms with Gasteiger partial charge in [-0.05, 0) is 24.6 Å². The fourth-order valence-corrected chi connectivity index (χ4v) is 2.76. The first kappa shape index (κ1) is 12.2. The van der Waals surface area contributed by atoms with Gasteiger partial charge in [-0.25, -0.2) is 9.50 Å². The van der Waals surface area contributed by atoms with E-state index in [1.807, 2.05) is 35.8 Å². The van der Waals surface area contributed by atoms with Crippen molar-refractivity contribution in [2.24, 2.45) is 0 Å². The van der Waals surface area contributed by atoms with E-state index in [-0.39, 0.29) is 6.10 Å². The van der Waals surface area contributed by atoms with Gasteiger partial charge in [0.05, 0.1) is 12.2 Å².